The molecule has 0 aliphatic heterocycles. The van der Waals surface area contributed by atoms with Crippen LogP contribution in [0.15, 0.2) is 57.9 Å². The number of nitrogens with zero attached hydrogens (tertiary/aromatic N) is 1. The summed E-state index contributed by atoms with van der Waals surface area (Å²) in [5.41, 5.74) is 3.17. The van der Waals surface area contributed by atoms with Crippen molar-refractivity contribution in [2.24, 2.45) is 0 Å². The number of aryl methyl sites for hydroxylation is 1. The van der Waals surface area contributed by atoms with Gasteiger partial charge in [-0.1, -0.05) is 39.7 Å². The molecular weight excluding hydrogens is 370 g/mol. The molecule has 4 nitrogen and oxygen atoms in total. The van der Waals surface area contributed by atoms with Gasteiger partial charge in [0.1, 0.15) is 6.54 Å². The topological polar surface area (TPSA) is 59.3 Å². The van der Waals surface area contributed by atoms with Crippen LogP contribution in [0.5, 0.6) is 0 Å². The first-order chi connectivity index (χ1) is 11.4. The molecule has 0 aliphatic rings. The summed E-state index contributed by atoms with van der Waals surface area (Å²) >= 11 is 3.39. The van der Waals surface area contributed by atoms with Gasteiger partial charge in [0, 0.05) is 28.0 Å². The van der Waals surface area contributed by atoms with Crippen LogP contribution in [-0.4, -0.2) is 15.6 Å². The third kappa shape index (κ3) is 3.41. The summed E-state index contributed by atoms with van der Waals surface area (Å²) in [6, 6.07) is 13.3. The first-order valence-corrected chi connectivity index (χ1v) is 8.32. The van der Waals surface area contributed by atoms with Gasteiger partial charge in [0.25, 0.3) is 0 Å². The van der Waals surface area contributed by atoms with Gasteiger partial charge in [0.15, 0.2) is 5.43 Å². The first-order valence-electron chi connectivity index (χ1n) is 7.53. The van der Waals surface area contributed by atoms with Crippen molar-refractivity contribution in [2.45, 2.75) is 19.9 Å². The van der Waals surface area contributed by atoms with Gasteiger partial charge < -0.3 is 9.67 Å². The highest BCUT2D eigenvalue weighted by molar-refractivity contribution is 9.10. The molecule has 0 unspecified atom stereocenters. The van der Waals surface area contributed by atoms with Gasteiger partial charge >= 0.3 is 5.97 Å². The molecule has 24 heavy (non-hydrogen) atoms. The third-order valence-electron chi connectivity index (χ3n) is 3.92. The van der Waals surface area contributed by atoms with Gasteiger partial charge in [-0.3, -0.25) is 9.59 Å². The summed E-state index contributed by atoms with van der Waals surface area (Å²) in [7, 11) is 0. The molecule has 5 heteroatoms. The molecule has 122 valence electrons. The molecule has 3 rings (SSSR count). The fourth-order valence-corrected chi connectivity index (χ4v) is 3.06. The van der Waals surface area contributed by atoms with Crippen LogP contribution in [0.25, 0.3) is 10.9 Å². The lowest BCUT2D eigenvalue weighted by Crippen LogP contribution is -2.18. The second kappa shape index (κ2) is 6.61. The number of hydrogen-bond acceptors (Lipinski definition) is 2. The molecule has 0 aliphatic carbocycles. The molecule has 1 N–H and O–H groups in total. The average molecular weight is 386 g/mol. The number of pyridine rings is 1. The Morgan fingerprint density at radius 1 is 1.17 bits per heavy atom. The number of aliphatic carboxylic acids is 1. The van der Waals surface area contributed by atoms with Gasteiger partial charge in [-0.25, -0.2) is 0 Å². The number of rotatable bonds is 4. The number of aromatic nitrogens is 1. The number of halogens is 1. The molecule has 0 radical (unpaired) electrons. The highest BCUT2D eigenvalue weighted by Gasteiger charge is 2.12. The monoisotopic (exact) mass is 385 g/mol. The van der Waals surface area contributed by atoms with Crippen LogP contribution in [0.4, 0.5) is 0 Å². The zero-order valence-electron chi connectivity index (χ0n) is 13.1. The zero-order chi connectivity index (χ0) is 17.3. The highest BCUT2D eigenvalue weighted by atomic mass is 79.9. The van der Waals surface area contributed by atoms with E-state index in [4.69, 9.17) is 5.11 Å². The third-order valence-corrected chi connectivity index (χ3v) is 4.45. The Morgan fingerprint density at radius 2 is 1.88 bits per heavy atom. The minimum Gasteiger partial charge on any atom is -0.480 e. The minimum absolute atomic E-state index is 0.0433. The van der Waals surface area contributed by atoms with Crippen molar-refractivity contribution in [2.75, 3.05) is 0 Å². The fraction of sp³-hybridized carbons (Fsp3) is 0.158. The van der Waals surface area contributed by atoms with E-state index in [1.165, 1.54) is 0 Å². The van der Waals surface area contributed by atoms with Crippen molar-refractivity contribution < 1.29 is 9.90 Å². The standard InChI is InChI=1S/C19H16BrNO3/c1-12-2-7-17-16(8-12)19(24)14(10-21(17)11-18(22)23)9-13-3-5-15(20)6-4-13/h2-8,10H,9,11H2,1H3,(H,22,23). The first kappa shape index (κ1) is 16.5. The second-order valence-corrected chi connectivity index (χ2v) is 6.74. The molecule has 3 aromatic rings. The van der Waals surface area contributed by atoms with Crippen LogP contribution < -0.4 is 5.43 Å². The quantitative estimate of drug-likeness (QED) is 0.743. The van der Waals surface area contributed by atoms with Crippen LogP contribution in [0.3, 0.4) is 0 Å². The number of carboxylic acid groups (broad SMARTS) is 1. The molecule has 2 aromatic carbocycles. The Labute approximate surface area is 147 Å². The van der Waals surface area contributed by atoms with Gasteiger partial charge in [0.2, 0.25) is 0 Å². The van der Waals surface area contributed by atoms with E-state index >= 15 is 0 Å². The van der Waals surface area contributed by atoms with Crippen LogP contribution in [0.1, 0.15) is 16.7 Å². The number of carboxylic acids is 1. The Morgan fingerprint density at radius 3 is 2.54 bits per heavy atom. The van der Waals surface area contributed by atoms with E-state index in [2.05, 4.69) is 15.9 Å². The average Bonchev–Trinajstić information content (AvgIpc) is 2.53. The molecule has 0 spiro atoms. The maximum atomic E-state index is 12.8. The Hall–Kier alpha value is -2.40. The molecule has 1 heterocycles. The van der Waals surface area contributed by atoms with E-state index in [1.807, 2.05) is 43.3 Å². The Kier molecular flexibility index (Phi) is 4.53. The maximum absolute atomic E-state index is 12.8. The van der Waals surface area contributed by atoms with E-state index in [9.17, 15) is 9.59 Å². The fourth-order valence-electron chi connectivity index (χ4n) is 2.80. The molecule has 0 saturated heterocycles. The zero-order valence-corrected chi connectivity index (χ0v) is 14.7. The largest absolute Gasteiger partial charge is 0.480 e. The molecule has 0 bridgehead atoms. The van der Waals surface area contributed by atoms with Crippen molar-refractivity contribution in [3.05, 3.63) is 80.0 Å². The molecule has 0 atom stereocenters. The van der Waals surface area contributed by atoms with E-state index in [0.29, 0.717) is 22.9 Å². The number of hydrogen-bond donors (Lipinski definition) is 1. The molecular formula is C19H16BrNO3. The van der Waals surface area contributed by atoms with Crippen LogP contribution in [-0.2, 0) is 17.8 Å². The molecule has 1 aromatic heterocycles. The molecule has 0 saturated carbocycles. The highest BCUT2D eigenvalue weighted by Crippen LogP contribution is 2.17. The van der Waals surface area contributed by atoms with Crippen molar-refractivity contribution in [1.82, 2.24) is 4.57 Å². The Bertz CT molecular complexity index is 974. The summed E-state index contributed by atoms with van der Waals surface area (Å²) in [6.45, 7) is 1.75. The van der Waals surface area contributed by atoms with Gasteiger partial charge in [0.05, 0.1) is 5.52 Å². The number of carbonyl (C=O) groups is 1. The summed E-state index contributed by atoms with van der Waals surface area (Å²) in [5.74, 6) is -0.935. The maximum Gasteiger partial charge on any atom is 0.323 e. The van der Waals surface area contributed by atoms with E-state index < -0.39 is 5.97 Å². The number of benzene rings is 2. The second-order valence-electron chi connectivity index (χ2n) is 5.83. The number of fused-ring (bicyclic) bond motifs is 1. The van der Waals surface area contributed by atoms with E-state index in [-0.39, 0.29) is 12.0 Å². The van der Waals surface area contributed by atoms with Crippen LogP contribution in [0, 0.1) is 6.92 Å². The van der Waals surface area contributed by atoms with Gasteiger partial charge in [-0.2, -0.15) is 0 Å². The molecule has 0 fully saturated rings. The van der Waals surface area contributed by atoms with Gasteiger partial charge in [-0.15, -0.1) is 0 Å². The predicted octanol–water partition coefficient (Wildman–Crippen LogP) is 3.75. The smallest absolute Gasteiger partial charge is 0.323 e. The molecule has 0 amide bonds. The predicted molar refractivity (Wildman–Crippen MR) is 97.5 cm³/mol. The van der Waals surface area contributed by atoms with Crippen LogP contribution in [0.2, 0.25) is 0 Å². The van der Waals surface area contributed by atoms with E-state index in [0.717, 1.165) is 15.6 Å². The van der Waals surface area contributed by atoms with Crippen molar-refractivity contribution >= 4 is 32.8 Å². The van der Waals surface area contributed by atoms with Crippen molar-refractivity contribution in [1.29, 1.82) is 0 Å². The van der Waals surface area contributed by atoms with Gasteiger partial charge in [-0.05, 0) is 36.8 Å². The summed E-state index contributed by atoms with van der Waals surface area (Å²) < 4.78 is 2.61. The van der Waals surface area contributed by atoms with Crippen molar-refractivity contribution in [3.8, 4) is 0 Å². The lowest BCUT2D eigenvalue weighted by Gasteiger charge is -2.12. The lowest BCUT2D eigenvalue weighted by molar-refractivity contribution is -0.137. The van der Waals surface area contributed by atoms with E-state index in [1.54, 1.807) is 16.8 Å². The summed E-state index contributed by atoms with van der Waals surface area (Å²) in [6.07, 6.45) is 2.13. The summed E-state index contributed by atoms with van der Waals surface area (Å²) in [5, 5.41) is 9.72. The minimum atomic E-state index is -0.935. The van der Waals surface area contributed by atoms with Crippen molar-refractivity contribution in [3.63, 3.8) is 0 Å². The van der Waals surface area contributed by atoms with Crippen LogP contribution >= 0.6 is 15.9 Å². The lowest BCUT2D eigenvalue weighted by atomic mass is 10.0. The normalized spacial score (nSPS) is 10.9. The summed E-state index contributed by atoms with van der Waals surface area (Å²) in [4.78, 5) is 24.0. The SMILES string of the molecule is Cc1ccc2c(c1)c(=O)c(Cc1ccc(Br)cc1)cn2CC(=O)O. The Balaban J connectivity index is 2.16.